The van der Waals surface area contributed by atoms with Crippen molar-refractivity contribution in [3.63, 3.8) is 0 Å². The minimum Gasteiger partial charge on any atom is -0.508 e. The molecule has 0 aromatic heterocycles. The number of carbonyl (C=O) groups excluding carboxylic acids is 3. The number of hydrogen-bond donors (Lipinski definition) is 5. The Morgan fingerprint density at radius 2 is 1.79 bits per heavy atom. The summed E-state index contributed by atoms with van der Waals surface area (Å²) in [5.41, 5.74) is 3.83. The molecular formula is C30H28N2O7. The van der Waals surface area contributed by atoms with Gasteiger partial charge in [-0.15, -0.1) is 0 Å². The van der Waals surface area contributed by atoms with Gasteiger partial charge in [0.15, 0.2) is 11.4 Å². The van der Waals surface area contributed by atoms with Crippen molar-refractivity contribution in [2.24, 2.45) is 17.6 Å². The predicted octanol–water partition coefficient (Wildman–Crippen LogP) is 1.56. The van der Waals surface area contributed by atoms with Crippen molar-refractivity contribution >= 4 is 23.2 Å². The van der Waals surface area contributed by atoms with Crippen LogP contribution in [0.2, 0.25) is 0 Å². The number of hydrogen-bond acceptors (Lipinski definition) is 8. The van der Waals surface area contributed by atoms with Crippen LogP contribution in [-0.2, 0) is 27.2 Å². The largest absolute Gasteiger partial charge is 0.508 e. The maximum Gasteiger partial charge on any atom is 0.255 e. The highest BCUT2D eigenvalue weighted by Crippen LogP contribution is 2.52. The fourth-order valence-electron chi connectivity index (χ4n) is 6.20. The Morgan fingerprint density at radius 1 is 1.10 bits per heavy atom. The van der Waals surface area contributed by atoms with Crippen LogP contribution < -0.4 is 5.73 Å². The van der Waals surface area contributed by atoms with Crippen molar-refractivity contribution < 1.29 is 34.8 Å². The lowest BCUT2D eigenvalue weighted by atomic mass is 9.57. The molecule has 3 aliphatic carbocycles. The van der Waals surface area contributed by atoms with Crippen LogP contribution in [0.15, 0.2) is 59.4 Å². The monoisotopic (exact) mass is 528 g/mol. The molecule has 0 bridgehead atoms. The molecule has 200 valence electrons. The zero-order chi connectivity index (χ0) is 28.2. The molecule has 4 atom stereocenters. The second-order valence-electron chi connectivity index (χ2n) is 10.4. The van der Waals surface area contributed by atoms with Crippen LogP contribution in [0.3, 0.4) is 0 Å². The van der Waals surface area contributed by atoms with E-state index >= 15 is 0 Å². The number of likely N-dealkylation sites (N-methyl/N-ethyl adjacent to an activating group) is 1. The average Bonchev–Trinajstić information content (AvgIpc) is 2.87. The lowest BCUT2D eigenvalue weighted by Gasteiger charge is -2.50. The van der Waals surface area contributed by atoms with Crippen molar-refractivity contribution in [3.05, 3.63) is 81.6 Å². The van der Waals surface area contributed by atoms with Crippen molar-refractivity contribution in [2.75, 3.05) is 14.1 Å². The lowest BCUT2D eigenvalue weighted by Crippen LogP contribution is -2.65. The molecule has 2 aromatic carbocycles. The Kier molecular flexibility index (Phi) is 6.33. The van der Waals surface area contributed by atoms with Crippen molar-refractivity contribution in [2.45, 2.75) is 30.9 Å². The summed E-state index contributed by atoms with van der Waals surface area (Å²) in [6, 6.07) is 11.5. The molecule has 0 heterocycles. The summed E-state index contributed by atoms with van der Waals surface area (Å²) < 4.78 is 0. The smallest absolute Gasteiger partial charge is 0.255 e. The second kappa shape index (κ2) is 9.42. The molecule has 1 saturated carbocycles. The number of aliphatic hydroxyl groups is 3. The van der Waals surface area contributed by atoms with Gasteiger partial charge in [0.2, 0.25) is 5.78 Å². The van der Waals surface area contributed by atoms with Gasteiger partial charge < -0.3 is 26.2 Å². The summed E-state index contributed by atoms with van der Waals surface area (Å²) in [7, 11) is 3.12. The van der Waals surface area contributed by atoms with Gasteiger partial charge in [0.05, 0.1) is 11.6 Å². The van der Waals surface area contributed by atoms with E-state index in [0.29, 0.717) is 17.5 Å². The molecule has 3 aliphatic rings. The maximum atomic E-state index is 13.9. The number of aliphatic hydroxyl groups excluding tert-OH is 2. The first kappa shape index (κ1) is 26.2. The third-order valence-electron chi connectivity index (χ3n) is 7.96. The van der Waals surface area contributed by atoms with Crippen molar-refractivity contribution in [3.8, 4) is 17.6 Å². The summed E-state index contributed by atoms with van der Waals surface area (Å²) in [5, 5.41) is 44.5. The lowest BCUT2D eigenvalue weighted by molar-refractivity contribution is -0.153. The average molecular weight is 529 g/mol. The Labute approximate surface area is 224 Å². The second-order valence-corrected chi connectivity index (χ2v) is 10.4. The summed E-state index contributed by atoms with van der Waals surface area (Å²) in [6.45, 7) is 0. The van der Waals surface area contributed by atoms with Crippen LogP contribution >= 0.6 is 0 Å². The van der Waals surface area contributed by atoms with E-state index in [1.54, 1.807) is 20.2 Å². The van der Waals surface area contributed by atoms with Gasteiger partial charge in [0.1, 0.15) is 22.8 Å². The number of benzene rings is 2. The van der Waals surface area contributed by atoms with Crippen LogP contribution in [0.25, 0.3) is 5.76 Å². The number of phenols is 1. The minimum atomic E-state index is -2.66. The molecule has 0 unspecified atom stereocenters. The van der Waals surface area contributed by atoms with Crippen LogP contribution in [0.1, 0.15) is 28.7 Å². The highest BCUT2D eigenvalue weighted by molar-refractivity contribution is 6.24. The maximum absolute atomic E-state index is 13.9. The Hall–Kier alpha value is -4.39. The number of nitrogens with zero attached hydrogens (tertiary/aromatic N) is 1. The molecule has 1 fully saturated rings. The molecule has 0 spiro atoms. The third kappa shape index (κ3) is 3.92. The molecular weight excluding hydrogens is 500 g/mol. The fourth-order valence-corrected chi connectivity index (χ4v) is 6.20. The predicted molar refractivity (Wildman–Crippen MR) is 141 cm³/mol. The van der Waals surface area contributed by atoms with E-state index in [9.17, 15) is 34.8 Å². The number of nitrogens with two attached hydrogens (primary N) is 1. The Bertz CT molecular complexity index is 1540. The zero-order valence-corrected chi connectivity index (χ0v) is 21.4. The van der Waals surface area contributed by atoms with Crippen molar-refractivity contribution in [1.82, 2.24) is 4.90 Å². The van der Waals surface area contributed by atoms with E-state index < -0.39 is 58.0 Å². The summed E-state index contributed by atoms with van der Waals surface area (Å²) in [4.78, 5) is 40.6. The highest BCUT2D eigenvalue weighted by Gasteiger charge is 2.64. The van der Waals surface area contributed by atoms with E-state index in [1.165, 1.54) is 11.0 Å². The normalized spacial score (nSPS) is 26.0. The molecule has 1 amide bonds. The quantitative estimate of drug-likeness (QED) is 0.296. The number of rotatable bonds is 3. The van der Waals surface area contributed by atoms with Gasteiger partial charge in [0, 0.05) is 23.5 Å². The molecule has 39 heavy (non-hydrogen) atoms. The number of ketones is 2. The molecule has 2 aromatic rings. The first-order chi connectivity index (χ1) is 18.5. The summed E-state index contributed by atoms with van der Waals surface area (Å²) >= 11 is 0. The number of phenolic OH excluding ortho intramolecular Hbond substituents is 1. The molecule has 9 heteroatoms. The Balaban J connectivity index is 1.64. The molecule has 0 radical (unpaired) electrons. The van der Waals surface area contributed by atoms with Gasteiger partial charge in [-0.05, 0) is 56.1 Å². The van der Waals surface area contributed by atoms with E-state index in [-0.39, 0.29) is 29.7 Å². The molecule has 9 nitrogen and oxygen atoms in total. The first-order valence-corrected chi connectivity index (χ1v) is 12.5. The van der Waals surface area contributed by atoms with Crippen LogP contribution in [-0.4, -0.2) is 68.5 Å². The van der Waals surface area contributed by atoms with E-state index in [4.69, 9.17) is 5.73 Å². The van der Waals surface area contributed by atoms with E-state index in [0.717, 1.165) is 5.56 Å². The van der Waals surface area contributed by atoms with Gasteiger partial charge in [0.25, 0.3) is 5.91 Å². The number of carbonyl (C=O) groups is 3. The van der Waals surface area contributed by atoms with E-state index in [2.05, 4.69) is 11.8 Å². The van der Waals surface area contributed by atoms with Gasteiger partial charge in [-0.1, -0.05) is 42.2 Å². The number of amides is 1. The van der Waals surface area contributed by atoms with E-state index in [1.807, 2.05) is 30.3 Å². The third-order valence-corrected chi connectivity index (χ3v) is 7.96. The number of Topliss-reactive ketones (excluding diaryl/α,β-unsaturated/α-hetero) is 2. The van der Waals surface area contributed by atoms with Gasteiger partial charge >= 0.3 is 0 Å². The fraction of sp³-hybridized carbons (Fsp3) is 0.300. The topological polar surface area (TPSA) is 161 Å². The molecule has 5 rings (SSSR count). The number of aromatic hydroxyl groups is 1. The SMILES string of the molecule is CN(C)[C@H]1C(=O)C(C(N)=O)=C(O)[C@]2(O)C(=O)C3=C(O)c4c(O)ccc(C#CCc5ccccc5)c4C[C@H]3C[C@@H]12. The van der Waals surface area contributed by atoms with Crippen LogP contribution in [0.5, 0.6) is 5.75 Å². The minimum absolute atomic E-state index is 0.0257. The standard InChI is InChI=1S/C30H28N2O7/c1-32(2)24-19-14-17-13-18-16(10-6-9-15-7-4-3-5-8-15)11-12-20(33)22(18)25(34)21(17)27(36)30(19,39)28(37)23(26(24)35)29(31)38/h3-5,7-8,11-12,17,19,24,33-34,37,39H,9,13-14H2,1-2H3,(H2,31,38)/t17-,19-,24+,30+/m0/s1. The molecule has 0 aliphatic heterocycles. The first-order valence-electron chi connectivity index (χ1n) is 12.5. The highest BCUT2D eigenvalue weighted by atomic mass is 16.3. The summed E-state index contributed by atoms with van der Waals surface area (Å²) in [5.74, 6) is -0.557. The number of fused-ring (bicyclic) bond motifs is 3. The zero-order valence-electron chi connectivity index (χ0n) is 21.4. The molecule has 0 saturated heterocycles. The summed E-state index contributed by atoms with van der Waals surface area (Å²) in [6.07, 6.45) is 0.706. The Morgan fingerprint density at radius 3 is 2.44 bits per heavy atom. The van der Waals surface area contributed by atoms with Gasteiger partial charge in [-0.25, -0.2) is 0 Å². The van der Waals surface area contributed by atoms with Crippen LogP contribution in [0.4, 0.5) is 0 Å². The number of primary amides is 1. The van der Waals surface area contributed by atoms with Crippen molar-refractivity contribution in [1.29, 1.82) is 0 Å². The van der Waals surface area contributed by atoms with Gasteiger partial charge in [-0.2, -0.15) is 0 Å². The molecule has 6 N–H and O–H groups in total. The van der Waals surface area contributed by atoms with Gasteiger partial charge in [-0.3, -0.25) is 19.3 Å². The van der Waals surface area contributed by atoms with Crippen LogP contribution in [0, 0.1) is 23.7 Å².